The molecule has 2 saturated heterocycles. The van der Waals surface area contributed by atoms with Gasteiger partial charge in [-0.3, -0.25) is 9.59 Å². The molecule has 2 rings (SSSR count). The molecule has 0 aromatic heterocycles. The van der Waals surface area contributed by atoms with Crippen molar-refractivity contribution in [2.24, 2.45) is 0 Å². The van der Waals surface area contributed by atoms with Crippen molar-refractivity contribution < 1.29 is 19.1 Å². The van der Waals surface area contributed by atoms with Crippen molar-refractivity contribution >= 4 is 17.9 Å². The minimum absolute atomic E-state index is 0.100. The van der Waals surface area contributed by atoms with Crippen LogP contribution in [0.3, 0.4) is 0 Å². The van der Waals surface area contributed by atoms with Gasteiger partial charge in [-0.15, -0.1) is 0 Å². The van der Waals surface area contributed by atoms with E-state index >= 15 is 0 Å². The van der Waals surface area contributed by atoms with E-state index in [0.29, 0.717) is 19.5 Å². The van der Waals surface area contributed by atoms with Crippen molar-refractivity contribution in [1.29, 1.82) is 0 Å². The molecule has 0 aromatic rings. The Morgan fingerprint density at radius 1 is 1.41 bits per heavy atom. The third-order valence-corrected chi connectivity index (χ3v) is 3.11. The van der Waals surface area contributed by atoms with Crippen LogP contribution in [0.1, 0.15) is 26.2 Å². The van der Waals surface area contributed by atoms with Gasteiger partial charge in [-0.25, -0.2) is 9.69 Å². The summed E-state index contributed by atoms with van der Waals surface area (Å²) in [6.45, 7) is 2.76. The third-order valence-electron chi connectivity index (χ3n) is 3.11. The van der Waals surface area contributed by atoms with Gasteiger partial charge in [0.05, 0.1) is 6.04 Å². The number of unbranched alkanes of at least 4 members (excludes halogenated alkanes) is 1. The summed E-state index contributed by atoms with van der Waals surface area (Å²) in [5, 5.41) is 0. The molecule has 2 aliphatic rings. The second kappa shape index (κ2) is 4.73. The lowest BCUT2D eigenvalue weighted by atomic mass is 10.1. The molecule has 0 aliphatic carbocycles. The molecule has 94 valence electrons. The highest BCUT2D eigenvalue weighted by molar-refractivity contribution is 5.98. The van der Waals surface area contributed by atoms with Crippen molar-refractivity contribution in [3.63, 3.8) is 0 Å². The summed E-state index contributed by atoms with van der Waals surface area (Å²) in [6, 6.07) is -0.192. The molecule has 0 unspecified atom stereocenters. The Morgan fingerprint density at radius 2 is 2.12 bits per heavy atom. The fourth-order valence-corrected chi connectivity index (χ4v) is 2.03. The van der Waals surface area contributed by atoms with Gasteiger partial charge in [0, 0.05) is 19.5 Å². The summed E-state index contributed by atoms with van der Waals surface area (Å²) >= 11 is 0. The van der Waals surface area contributed by atoms with Gasteiger partial charge in [0.1, 0.15) is 0 Å². The molecule has 0 atom stereocenters. The summed E-state index contributed by atoms with van der Waals surface area (Å²) in [5.41, 5.74) is 0. The normalized spacial score (nSPS) is 20.5. The molecule has 2 aliphatic heterocycles. The summed E-state index contributed by atoms with van der Waals surface area (Å²) in [5.74, 6) is -0.205. The van der Waals surface area contributed by atoms with Crippen molar-refractivity contribution in [1.82, 2.24) is 9.80 Å². The number of amides is 3. The highest BCUT2D eigenvalue weighted by atomic mass is 16.6. The van der Waals surface area contributed by atoms with Crippen LogP contribution in [0.2, 0.25) is 0 Å². The minimum Gasteiger partial charge on any atom is -0.439 e. The van der Waals surface area contributed by atoms with Crippen molar-refractivity contribution in [2.45, 2.75) is 32.2 Å². The summed E-state index contributed by atoms with van der Waals surface area (Å²) < 4.78 is 4.63. The Labute approximate surface area is 99.5 Å². The second-order valence-corrected chi connectivity index (χ2v) is 4.37. The maximum atomic E-state index is 11.6. The van der Waals surface area contributed by atoms with Crippen LogP contribution >= 0.6 is 0 Å². The number of carbonyl (C=O) groups excluding carboxylic acids is 3. The first-order valence-corrected chi connectivity index (χ1v) is 5.90. The monoisotopic (exact) mass is 240 g/mol. The number of ether oxygens (including phenoxy) is 1. The van der Waals surface area contributed by atoms with E-state index in [1.807, 2.05) is 6.92 Å². The fourth-order valence-electron chi connectivity index (χ4n) is 2.03. The van der Waals surface area contributed by atoms with Gasteiger partial charge in [-0.1, -0.05) is 13.3 Å². The molecule has 2 heterocycles. The van der Waals surface area contributed by atoms with Crippen LogP contribution in [0.25, 0.3) is 0 Å². The Kier molecular flexibility index (Phi) is 3.31. The zero-order chi connectivity index (χ0) is 12.4. The van der Waals surface area contributed by atoms with E-state index < -0.39 is 6.09 Å². The fraction of sp³-hybridized carbons (Fsp3) is 0.727. The molecule has 0 N–H and O–H groups in total. The molecule has 6 nitrogen and oxygen atoms in total. The lowest BCUT2D eigenvalue weighted by molar-refractivity contribution is -0.142. The molecule has 17 heavy (non-hydrogen) atoms. The van der Waals surface area contributed by atoms with E-state index in [1.165, 1.54) is 0 Å². The molecule has 6 heteroatoms. The first kappa shape index (κ1) is 11.9. The molecule has 0 spiro atoms. The van der Waals surface area contributed by atoms with E-state index in [0.717, 1.165) is 17.7 Å². The van der Waals surface area contributed by atoms with E-state index in [9.17, 15) is 14.4 Å². The number of imide groups is 1. The predicted molar refractivity (Wildman–Crippen MR) is 58.1 cm³/mol. The lowest BCUT2D eigenvalue weighted by Gasteiger charge is -2.42. The predicted octanol–water partition coefficient (Wildman–Crippen LogP) is 0.366. The number of likely N-dealkylation sites (tertiary alicyclic amines) is 1. The van der Waals surface area contributed by atoms with Crippen LogP contribution in [0, 0.1) is 0 Å². The number of hydrogen-bond donors (Lipinski definition) is 0. The molecule has 0 radical (unpaired) electrons. The third kappa shape index (κ3) is 2.25. The van der Waals surface area contributed by atoms with Gasteiger partial charge in [-0.05, 0) is 6.42 Å². The first-order chi connectivity index (χ1) is 8.13. The van der Waals surface area contributed by atoms with Crippen LogP contribution in [0.5, 0.6) is 0 Å². The van der Waals surface area contributed by atoms with Gasteiger partial charge >= 0.3 is 6.09 Å². The van der Waals surface area contributed by atoms with Crippen LogP contribution in [0.15, 0.2) is 0 Å². The smallest absolute Gasteiger partial charge is 0.417 e. The summed E-state index contributed by atoms with van der Waals surface area (Å²) in [4.78, 5) is 37.0. The van der Waals surface area contributed by atoms with Crippen LogP contribution in [-0.2, 0) is 14.3 Å². The number of cyclic esters (lactones) is 1. The summed E-state index contributed by atoms with van der Waals surface area (Å²) in [7, 11) is 0. The van der Waals surface area contributed by atoms with Crippen molar-refractivity contribution in [3.8, 4) is 0 Å². The Bertz CT molecular complexity index is 333. The minimum atomic E-state index is -0.583. The van der Waals surface area contributed by atoms with E-state index in [-0.39, 0.29) is 24.5 Å². The van der Waals surface area contributed by atoms with E-state index in [1.54, 1.807) is 4.90 Å². The molecular weight excluding hydrogens is 224 g/mol. The van der Waals surface area contributed by atoms with Gasteiger partial charge in [0.15, 0.2) is 6.61 Å². The standard InChI is InChI=1S/C11H16N2O4/c1-2-3-4-9(14)12-5-8(6-12)13-10(15)7-17-11(13)16/h8H,2-7H2,1H3. The van der Waals surface area contributed by atoms with Crippen LogP contribution < -0.4 is 0 Å². The zero-order valence-corrected chi connectivity index (χ0v) is 9.85. The number of nitrogens with zero attached hydrogens (tertiary/aromatic N) is 2. The van der Waals surface area contributed by atoms with Gasteiger partial charge in [0.25, 0.3) is 5.91 Å². The maximum Gasteiger partial charge on any atom is 0.417 e. The topological polar surface area (TPSA) is 66.9 Å². The number of rotatable bonds is 4. The maximum absolute atomic E-state index is 11.6. The zero-order valence-electron chi connectivity index (χ0n) is 9.85. The van der Waals surface area contributed by atoms with E-state index in [4.69, 9.17) is 0 Å². The molecule has 0 aromatic carbocycles. The summed E-state index contributed by atoms with van der Waals surface area (Å²) in [6.07, 6.45) is 1.83. The average molecular weight is 240 g/mol. The second-order valence-electron chi connectivity index (χ2n) is 4.37. The van der Waals surface area contributed by atoms with Crippen LogP contribution in [0.4, 0.5) is 4.79 Å². The number of hydrogen-bond acceptors (Lipinski definition) is 4. The van der Waals surface area contributed by atoms with Gasteiger partial charge in [-0.2, -0.15) is 0 Å². The highest BCUT2D eigenvalue weighted by Crippen LogP contribution is 2.20. The largest absolute Gasteiger partial charge is 0.439 e. The average Bonchev–Trinajstić information content (AvgIpc) is 2.56. The highest BCUT2D eigenvalue weighted by Gasteiger charge is 2.43. The Balaban J connectivity index is 1.80. The van der Waals surface area contributed by atoms with Crippen LogP contribution in [-0.4, -0.2) is 53.4 Å². The van der Waals surface area contributed by atoms with Gasteiger partial charge in [0.2, 0.25) is 5.91 Å². The molecule has 0 bridgehead atoms. The Morgan fingerprint density at radius 3 is 2.65 bits per heavy atom. The molecule has 3 amide bonds. The quantitative estimate of drug-likeness (QED) is 0.712. The van der Waals surface area contributed by atoms with Gasteiger partial charge < -0.3 is 9.64 Å². The van der Waals surface area contributed by atoms with E-state index in [2.05, 4.69) is 4.74 Å². The molecule has 0 saturated carbocycles. The first-order valence-electron chi connectivity index (χ1n) is 5.90. The molecule has 2 fully saturated rings. The molecular formula is C11H16N2O4. The Hall–Kier alpha value is -1.59. The van der Waals surface area contributed by atoms with Crippen molar-refractivity contribution in [3.05, 3.63) is 0 Å². The van der Waals surface area contributed by atoms with Crippen molar-refractivity contribution in [2.75, 3.05) is 19.7 Å². The lowest BCUT2D eigenvalue weighted by Crippen LogP contribution is -2.62. The number of carbonyl (C=O) groups is 3. The SMILES string of the molecule is CCCCC(=O)N1CC(N2C(=O)COC2=O)C1.